The third kappa shape index (κ3) is 3.01. The van der Waals surface area contributed by atoms with Gasteiger partial charge in [0.05, 0.1) is 5.69 Å². The van der Waals surface area contributed by atoms with Crippen LogP contribution < -0.4 is 10.2 Å². The molecule has 0 amide bonds. The number of nitrogens with one attached hydrogen (secondary N) is 1. The maximum absolute atomic E-state index is 6.12. The Hall–Kier alpha value is -0.250. The van der Waals surface area contributed by atoms with Crippen molar-refractivity contribution in [1.82, 2.24) is 5.32 Å². The fourth-order valence-electron chi connectivity index (χ4n) is 2.38. The van der Waals surface area contributed by atoms with E-state index in [-0.39, 0.29) is 0 Å². The predicted molar refractivity (Wildman–Crippen MR) is 82.6 cm³/mol. The van der Waals surface area contributed by atoms with Gasteiger partial charge in [-0.05, 0) is 47.0 Å². The van der Waals surface area contributed by atoms with Gasteiger partial charge in [-0.3, -0.25) is 0 Å². The first-order valence-corrected chi connectivity index (χ1v) is 7.61. The Balaban J connectivity index is 2.26. The van der Waals surface area contributed by atoms with Gasteiger partial charge in [0.2, 0.25) is 0 Å². The minimum absolute atomic E-state index is 0.481. The molecular formula is C14H20BrClN2. The van der Waals surface area contributed by atoms with E-state index in [2.05, 4.69) is 46.9 Å². The molecule has 0 spiro atoms. The lowest BCUT2D eigenvalue weighted by Gasteiger charge is -2.42. The van der Waals surface area contributed by atoms with E-state index >= 15 is 0 Å². The van der Waals surface area contributed by atoms with Crippen LogP contribution in [0.5, 0.6) is 0 Å². The molecule has 0 radical (unpaired) electrons. The molecule has 0 aromatic heterocycles. The van der Waals surface area contributed by atoms with Crippen LogP contribution in [-0.2, 0) is 0 Å². The van der Waals surface area contributed by atoms with Crippen LogP contribution in [0.4, 0.5) is 5.69 Å². The Morgan fingerprint density at radius 2 is 2.17 bits per heavy atom. The molecule has 2 rings (SSSR count). The molecule has 1 saturated heterocycles. The van der Waals surface area contributed by atoms with Crippen LogP contribution in [0.2, 0.25) is 5.02 Å². The quantitative estimate of drug-likeness (QED) is 0.883. The number of anilines is 1. The maximum atomic E-state index is 6.12. The van der Waals surface area contributed by atoms with Crippen LogP contribution in [0.15, 0.2) is 22.7 Å². The van der Waals surface area contributed by atoms with Gasteiger partial charge < -0.3 is 10.2 Å². The standard InChI is InChI=1S/C14H20BrClN2/c1-9(2)13-8-18(10(3)7-17-13)14-6-11(16)4-5-12(14)15/h4-6,9-10,13,17H,7-8H2,1-3H3. The lowest BCUT2D eigenvalue weighted by molar-refractivity contribution is 0.337. The van der Waals surface area contributed by atoms with Crippen molar-refractivity contribution in [2.45, 2.75) is 32.9 Å². The van der Waals surface area contributed by atoms with Crippen molar-refractivity contribution in [2.24, 2.45) is 5.92 Å². The van der Waals surface area contributed by atoms with E-state index in [0.29, 0.717) is 18.0 Å². The van der Waals surface area contributed by atoms with E-state index in [1.54, 1.807) is 0 Å². The van der Waals surface area contributed by atoms with Gasteiger partial charge in [-0.2, -0.15) is 0 Å². The molecule has 1 aromatic carbocycles. The van der Waals surface area contributed by atoms with Crippen molar-refractivity contribution in [3.63, 3.8) is 0 Å². The zero-order valence-corrected chi connectivity index (χ0v) is 13.4. The van der Waals surface area contributed by atoms with Gasteiger partial charge in [0, 0.05) is 34.7 Å². The van der Waals surface area contributed by atoms with Gasteiger partial charge in [-0.25, -0.2) is 0 Å². The third-order valence-corrected chi connectivity index (χ3v) is 4.53. The lowest BCUT2D eigenvalue weighted by Crippen LogP contribution is -2.57. The molecule has 1 aliphatic rings. The molecular weight excluding hydrogens is 312 g/mol. The van der Waals surface area contributed by atoms with E-state index in [1.165, 1.54) is 5.69 Å². The number of halogens is 2. The summed E-state index contributed by atoms with van der Waals surface area (Å²) in [4.78, 5) is 2.44. The monoisotopic (exact) mass is 330 g/mol. The largest absolute Gasteiger partial charge is 0.365 e. The van der Waals surface area contributed by atoms with Gasteiger partial charge in [0.15, 0.2) is 0 Å². The number of nitrogens with zero attached hydrogens (tertiary/aromatic N) is 1. The lowest BCUT2D eigenvalue weighted by atomic mass is 9.99. The Labute approximate surface area is 123 Å². The summed E-state index contributed by atoms with van der Waals surface area (Å²) in [6.07, 6.45) is 0. The van der Waals surface area contributed by atoms with Gasteiger partial charge in [0.1, 0.15) is 0 Å². The minimum Gasteiger partial charge on any atom is -0.365 e. The van der Waals surface area contributed by atoms with Gasteiger partial charge in [0.25, 0.3) is 0 Å². The second-order valence-electron chi connectivity index (χ2n) is 5.36. The van der Waals surface area contributed by atoms with Crippen molar-refractivity contribution in [3.8, 4) is 0 Å². The van der Waals surface area contributed by atoms with Crippen LogP contribution in [-0.4, -0.2) is 25.2 Å². The number of hydrogen-bond donors (Lipinski definition) is 1. The Bertz CT molecular complexity index is 422. The molecule has 0 saturated carbocycles. The average Bonchev–Trinajstić information content (AvgIpc) is 2.33. The Morgan fingerprint density at radius 3 is 2.83 bits per heavy atom. The number of benzene rings is 1. The summed E-state index contributed by atoms with van der Waals surface area (Å²) in [6.45, 7) is 8.81. The zero-order chi connectivity index (χ0) is 13.3. The zero-order valence-electron chi connectivity index (χ0n) is 11.1. The highest BCUT2D eigenvalue weighted by Gasteiger charge is 2.27. The van der Waals surface area contributed by atoms with E-state index in [9.17, 15) is 0 Å². The highest BCUT2D eigenvalue weighted by molar-refractivity contribution is 9.10. The van der Waals surface area contributed by atoms with E-state index < -0.39 is 0 Å². The predicted octanol–water partition coefficient (Wildman–Crippen LogP) is 3.93. The molecule has 1 aliphatic heterocycles. The van der Waals surface area contributed by atoms with Crippen molar-refractivity contribution < 1.29 is 0 Å². The van der Waals surface area contributed by atoms with Gasteiger partial charge in [-0.1, -0.05) is 25.4 Å². The molecule has 0 bridgehead atoms. The van der Waals surface area contributed by atoms with Crippen molar-refractivity contribution in [1.29, 1.82) is 0 Å². The summed E-state index contributed by atoms with van der Waals surface area (Å²) >= 11 is 9.75. The molecule has 0 aliphatic carbocycles. The SMILES string of the molecule is CC(C)C1CN(c2cc(Cl)ccc2Br)C(C)CN1. The average molecular weight is 332 g/mol. The molecule has 2 nitrogen and oxygen atoms in total. The second-order valence-corrected chi connectivity index (χ2v) is 6.65. The molecule has 1 fully saturated rings. The maximum Gasteiger partial charge on any atom is 0.0528 e. The Kier molecular flexibility index (Phi) is 4.57. The fraction of sp³-hybridized carbons (Fsp3) is 0.571. The summed E-state index contributed by atoms with van der Waals surface area (Å²) in [5, 5.41) is 4.40. The first-order chi connectivity index (χ1) is 8.49. The first kappa shape index (κ1) is 14.2. The molecule has 100 valence electrons. The van der Waals surface area contributed by atoms with E-state index in [4.69, 9.17) is 11.6 Å². The second kappa shape index (κ2) is 5.81. The molecule has 4 heteroatoms. The minimum atomic E-state index is 0.481. The number of hydrogen-bond acceptors (Lipinski definition) is 2. The fourth-order valence-corrected chi connectivity index (χ4v) is 3.02. The van der Waals surface area contributed by atoms with Crippen LogP contribution >= 0.6 is 27.5 Å². The van der Waals surface area contributed by atoms with Crippen LogP contribution in [0.1, 0.15) is 20.8 Å². The first-order valence-electron chi connectivity index (χ1n) is 6.44. The summed E-state index contributed by atoms with van der Waals surface area (Å²) in [7, 11) is 0. The summed E-state index contributed by atoms with van der Waals surface area (Å²) in [5.74, 6) is 0.637. The topological polar surface area (TPSA) is 15.3 Å². The molecule has 2 atom stereocenters. The third-order valence-electron chi connectivity index (χ3n) is 3.62. The summed E-state index contributed by atoms with van der Waals surface area (Å²) in [6, 6.07) is 7.01. The molecule has 1 N–H and O–H groups in total. The highest BCUT2D eigenvalue weighted by Crippen LogP contribution is 2.32. The molecule has 1 heterocycles. The Morgan fingerprint density at radius 1 is 1.44 bits per heavy atom. The number of rotatable bonds is 2. The smallest absolute Gasteiger partial charge is 0.0528 e. The highest BCUT2D eigenvalue weighted by atomic mass is 79.9. The molecule has 18 heavy (non-hydrogen) atoms. The summed E-state index contributed by atoms with van der Waals surface area (Å²) in [5.41, 5.74) is 1.20. The van der Waals surface area contributed by atoms with E-state index in [0.717, 1.165) is 22.6 Å². The van der Waals surface area contributed by atoms with Gasteiger partial charge in [-0.15, -0.1) is 0 Å². The van der Waals surface area contributed by atoms with E-state index in [1.807, 2.05) is 18.2 Å². The van der Waals surface area contributed by atoms with Crippen molar-refractivity contribution in [3.05, 3.63) is 27.7 Å². The number of piperazine rings is 1. The summed E-state index contributed by atoms with van der Waals surface area (Å²) < 4.78 is 1.11. The van der Waals surface area contributed by atoms with Crippen LogP contribution in [0.3, 0.4) is 0 Å². The van der Waals surface area contributed by atoms with Gasteiger partial charge >= 0.3 is 0 Å². The molecule has 1 aromatic rings. The van der Waals surface area contributed by atoms with Crippen LogP contribution in [0.25, 0.3) is 0 Å². The van der Waals surface area contributed by atoms with Crippen molar-refractivity contribution in [2.75, 3.05) is 18.0 Å². The molecule has 2 unspecified atom stereocenters. The van der Waals surface area contributed by atoms with Crippen LogP contribution in [0, 0.1) is 5.92 Å². The van der Waals surface area contributed by atoms with Crippen molar-refractivity contribution >= 4 is 33.2 Å². The normalized spacial score (nSPS) is 24.7.